The molecule has 1 fully saturated rings. The molecule has 1 unspecified atom stereocenters. The van der Waals surface area contributed by atoms with Gasteiger partial charge in [-0.1, -0.05) is 66.2 Å². The number of quaternary nitrogens is 1. The van der Waals surface area contributed by atoms with Gasteiger partial charge in [-0.15, -0.1) is 11.3 Å². The van der Waals surface area contributed by atoms with Gasteiger partial charge in [0.2, 0.25) is 5.88 Å². The summed E-state index contributed by atoms with van der Waals surface area (Å²) in [4.78, 5) is 36.5. The number of nitrogens with zero attached hydrogens (tertiary/aromatic N) is 5. The molecule has 7 aromatic rings. The van der Waals surface area contributed by atoms with Crippen molar-refractivity contribution in [3.8, 4) is 50.3 Å². The summed E-state index contributed by atoms with van der Waals surface area (Å²) in [6.07, 6.45) is 3.08. The lowest BCUT2D eigenvalue weighted by Crippen LogP contribution is -3.12. The van der Waals surface area contributed by atoms with Crippen LogP contribution in [0, 0.1) is 12.7 Å². The van der Waals surface area contributed by atoms with Gasteiger partial charge in [-0.05, 0) is 71.1 Å². The molecule has 0 bridgehead atoms. The Bertz CT molecular complexity index is 2640. The molecule has 1 atom stereocenters. The molecule has 12 nitrogen and oxygen atoms in total. The molecule has 0 amide bonds. The van der Waals surface area contributed by atoms with E-state index in [-0.39, 0.29) is 31.3 Å². The van der Waals surface area contributed by atoms with Crippen LogP contribution < -0.4 is 19.1 Å². The van der Waals surface area contributed by atoms with E-state index in [1.54, 1.807) is 24.4 Å². The Balaban J connectivity index is 0.00000293. The lowest BCUT2D eigenvalue weighted by Gasteiger charge is -2.29. The molecular weight excluding hydrogens is 843 g/mol. The fourth-order valence-electron chi connectivity index (χ4n) is 7.41. The van der Waals surface area contributed by atoms with Gasteiger partial charge in [0.15, 0.2) is 18.2 Å². The van der Waals surface area contributed by atoms with Crippen LogP contribution >= 0.6 is 22.9 Å². The monoisotopic (exact) mass is 891 g/mol. The summed E-state index contributed by atoms with van der Waals surface area (Å²) in [5.41, 5.74) is 6.09. The predicted molar refractivity (Wildman–Crippen MR) is 243 cm³/mol. The van der Waals surface area contributed by atoms with Crippen molar-refractivity contribution in [3.63, 3.8) is 0 Å². The van der Waals surface area contributed by atoms with Gasteiger partial charge in [0.05, 0.1) is 42.8 Å². The molecule has 15 heteroatoms. The second kappa shape index (κ2) is 21.5. The molecule has 1 aliphatic heterocycles. The number of halogens is 2. The van der Waals surface area contributed by atoms with E-state index in [1.807, 2.05) is 67.6 Å². The van der Waals surface area contributed by atoms with E-state index in [2.05, 4.69) is 31.9 Å². The number of thiophene rings is 1. The minimum atomic E-state index is -0.948. The summed E-state index contributed by atoms with van der Waals surface area (Å²) in [6, 6.07) is 26.8. The Kier molecular flexibility index (Phi) is 15.4. The third kappa shape index (κ3) is 10.8. The van der Waals surface area contributed by atoms with E-state index in [0.717, 1.165) is 89.9 Å². The van der Waals surface area contributed by atoms with Gasteiger partial charge in [-0.2, -0.15) is 0 Å². The number of benzene rings is 4. The Morgan fingerprint density at radius 3 is 2.51 bits per heavy atom. The van der Waals surface area contributed by atoms with Crippen molar-refractivity contribution in [2.24, 2.45) is 0 Å². The molecule has 1 saturated heterocycles. The van der Waals surface area contributed by atoms with E-state index < -0.39 is 6.10 Å². The number of rotatable bonds is 16. The SMILES string of the molecule is CO.Cc1c(-c2c(-c3ccc(F)cc3)sc3ncnc(OC(C=O)Cc4ccccc4OCc4ccnc(-c5cccc(CO)c5)n4)c23)ccc(OCCN2CC[NH+](C)CC2)c1Cl. The van der Waals surface area contributed by atoms with Gasteiger partial charge in [0.1, 0.15) is 41.7 Å². The molecule has 4 aromatic carbocycles. The van der Waals surface area contributed by atoms with Crippen LogP contribution in [-0.4, -0.2) is 101 Å². The van der Waals surface area contributed by atoms with Crippen LogP contribution in [0.15, 0.2) is 104 Å². The average Bonchev–Trinajstić information content (AvgIpc) is 3.71. The van der Waals surface area contributed by atoms with Crippen LogP contribution in [0.2, 0.25) is 5.02 Å². The second-order valence-corrected chi connectivity index (χ2v) is 16.4. The Morgan fingerprint density at radius 2 is 1.73 bits per heavy atom. The molecule has 0 aliphatic carbocycles. The molecule has 0 spiro atoms. The van der Waals surface area contributed by atoms with Crippen molar-refractivity contribution in [2.75, 3.05) is 53.5 Å². The molecule has 3 N–H and O–H groups in total. The zero-order valence-electron chi connectivity index (χ0n) is 35.3. The topological polar surface area (TPSA) is 144 Å². The molecule has 4 heterocycles. The van der Waals surface area contributed by atoms with Crippen LogP contribution in [0.1, 0.15) is 22.4 Å². The normalized spacial score (nSPS) is 13.6. The number of piperazine rings is 1. The first kappa shape index (κ1) is 45.2. The van der Waals surface area contributed by atoms with Crippen LogP contribution in [0.3, 0.4) is 0 Å². The number of hydrogen-bond donors (Lipinski definition) is 3. The fraction of sp³-hybridized carbons (Fsp3) is 0.271. The van der Waals surface area contributed by atoms with Crippen LogP contribution in [0.4, 0.5) is 4.39 Å². The van der Waals surface area contributed by atoms with E-state index >= 15 is 0 Å². The molecule has 326 valence electrons. The van der Waals surface area contributed by atoms with E-state index in [9.17, 15) is 14.3 Å². The highest BCUT2D eigenvalue weighted by molar-refractivity contribution is 7.22. The quantitative estimate of drug-likeness (QED) is 0.0897. The van der Waals surface area contributed by atoms with E-state index in [0.29, 0.717) is 44.9 Å². The molecule has 0 radical (unpaired) electrons. The van der Waals surface area contributed by atoms with Crippen molar-refractivity contribution in [3.05, 3.63) is 137 Å². The third-order valence-electron chi connectivity index (χ3n) is 10.8. The summed E-state index contributed by atoms with van der Waals surface area (Å²) in [7, 11) is 3.22. The Hall–Kier alpha value is -5.87. The minimum absolute atomic E-state index is 0.0803. The second-order valence-electron chi connectivity index (χ2n) is 15.0. The number of fused-ring (bicyclic) bond motifs is 1. The predicted octanol–water partition coefficient (Wildman–Crippen LogP) is 6.66. The number of aldehydes is 1. The van der Waals surface area contributed by atoms with Gasteiger partial charge in [0.25, 0.3) is 0 Å². The first-order valence-electron chi connectivity index (χ1n) is 20.6. The zero-order valence-corrected chi connectivity index (χ0v) is 36.8. The van der Waals surface area contributed by atoms with Crippen molar-refractivity contribution in [2.45, 2.75) is 32.7 Å². The highest BCUT2D eigenvalue weighted by Crippen LogP contribution is 2.49. The highest BCUT2D eigenvalue weighted by atomic mass is 35.5. The van der Waals surface area contributed by atoms with Gasteiger partial charge < -0.3 is 29.3 Å². The van der Waals surface area contributed by atoms with Crippen molar-refractivity contribution in [1.82, 2.24) is 24.8 Å². The smallest absolute Gasteiger partial charge is 0.226 e. The summed E-state index contributed by atoms with van der Waals surface area (Å²) in [5, 5.41) is 17.7. The van der Waals surface area contributed by atoms with Gasteiger partial charge in [-0.3, -0.25) is 9.69 Å². The molecule has 8 rings (SSSR count). The number of ether oxygens (including phenoxy) is 3. The summed E-state index contributed by atoms with van der Waals surface area (Å²) >= 11 is 8.49. The van der Waals surface area contributed by atoms with E-state index in [1.165, 1.54) is 34.7 Å². The van der Waals surface area contributed by atoms with Gasteiger partial charge in [0, 0.05) is 55.4 Å². The van der Waals surface area contributed by atoms with Crippen molar-refractivity contribution >= 4 is 39.4 Å². The number of aliphatic hydroxyl groups is 2. The number of likely N-dealkylation sites (N-methyl/N-ethyl adjacent to an activating group) is 1. The lowest BCUT2D eigenvalue weighted by molar-refractivity contribution is -0.884. The van der Waals surface area contributed by atoms with Gasteiger partial charge in [-0.25, -0.2) is 24.3 Å². The number of carbonyl (C=O) groups is 1. The largest absolute Gasteiger partial charge is 0.491 e. The van der Waals surface area contributed by atoms with Gasteiger partial charge >= 0.3 is 0 Å². The molecule has 3 aromatic heterocycles. The summed E-state index contributed by atoms with van der Waals surface area (Å²) in [6.45, 7) is 7.62. The summed E-state index contributed by atoms with van der Waals surface area (Å²) in [5.74, 6) is 1.56. The maximum Gasteiger partial charge on any atom is 0.226 e. The number of aromatic nitrogens is 4. The van der Waals surface area contributed by atoms with Crippen LogP contribution in [0.5, 0.6) is 17.4 Å². The standard InChI is InChI=1S/C47H44ClFN6O5S.CH4O/c1-30-38(14-15-40(43(30)48)58-23-22-55-20-18-54(2)19-21-55)41-42-46(51-29-52-47(42)61-44(41)32-10-12-35(49)13-11-32)60-37(27-57)25-33-7-3-4-9-39(33)59-28-36-16-17-50-45(53-36)34-8-5-6-31(24-34)26-56;1-2/h3-17,24,27,29,37,56H,18-23,25-26,28H2,1-2H3;2H,1H3/p+1. The van der Waals surface area contributed by atoms with Crippen LogP contribution in [0.25, 0.3) is 43.2 Å². The first-order valence-corrected chi connectivity index (χ1v) is 21.8. The molecule has 1 aliphatic rings. The van der Waals surface area contributed by atoms with Crippen molar-refractivity contribution < 1.29 is 38.5 Å². The number of hydrogen-bond acceptors (Lipinski definition) is 12. The number of para-hydroxylation sites is 1. The number of nitrogens with one attached hydrogen (secondary N) is 1. The fourth-order valence-corrected chi connectivity index (χ4v) is 8.78. The van der Waals surface area contributed by atoms with Crippen LogP contribution in [-0.2, 0) is 24.4 Å². The lowest BCUT2D eigenvalue weighted by atomic mass is 9.96. The third-order valence-corrected chi connectivity index (χ3v) is 12.4. The molecule has 0 saturated carbocycles. The maximum absolute atomic E-state index is 14.2. The number of aliphatic hydroxyl groups excluding tert-OH is 2. The molecule has 63 heavy (non-hydrogen) atoms. The minimum Gasteiger partial charge on any atom is -0.491 e. The number of carbonyl (C=O) groups excluding carboxylic acids is 1. The Morgan fingerprint density at radius 1 is 0.937 bits per heavy atom. The maximum atomic E-state index is 14.2. The average molecular weight is 892 g/mol. The molecular formula is C48H49ClFN6O6S+. The van der Waals surface area contributed by atoms with Crippen molar-refractivity contribution in [1.29, 1.82) is 0 Å². The Labute approximate surface area is 374 Å². The first-order chi connectivity index (χ1) is 30.8. The van der Waals surface area contributed by atoms with E-state index in [4.69, 9.17) is 30.9 Å². The highest BCUT2D eigenvalue weighted by Gasteiger charge is 2.26. The zero-order chi connectivity index (χ0) is 44.3. The summed E-state index contributed by atoms with van der Waals surface area (Å²) < 4.78 is 33.2.